The highest BCUT2D eigenvalue weighted by atomic mass is 19.4. The van der Waals surface area contributed by atoms with Gasteiger partial charge in [-0.1, -0.05) is 19.1 Å². The summed E-state index contributed by atoms with van der Waals surface area (Å²) in [5.74, 6) is -1.41. The van der Waals surface area contributed by atoms with Crippen LogP contribution < -0.4 is 5.32 Å². The van der Waals surface area contributed by atoms with Gasteiger partial charge in [-0.15, -0.1) is 0 Å². The Hall–Kier alpha value is -1.48. The van der Waals surface area contributed by atoms with E-state index in [0.29, 0.717) is 12.0 Å². The molecule has 5 nitrogen and oxygen atoms in total. The van der Waals surface area contributed by atoms with E-state index in [1.807, 2.05) is 27.7 Å². The predicted molar refractivity (Wildman–Crippen MR) is 103 cm³/mol. The number of carbonyl (C=O) groups excluding carboxylic acids is 1. The third kappa shape index (κ3) is 4.25. The number of nitrogens with one attached hydrogen (secondary N) is 1. The average molecular weight is 402 g/mol. The largest absolute Gasteiger partial charge is 0.490 e. The number of amides is 2. The fourth-order valence-corrected chi connectivity index (χ4v) is 3.57. The number of allylic oxidation sites excluding steroid dienone is 3. The van der Waals surface area contributed by atoms with Gasteiger partial charge in [0.1, 0.15) is 0 Å². The molecule has 158 valence electrons. The lowest BCUT2D eigenvalue weighted by Crippen LogP contribution is -2.45. The molecule has 0 spiro atoms. The van der Waals surface area contributed by atoms with Crippen LogP contribution in [0.1, 0.15) is 41.5 Å². The molecular formula is C19H30BF3N2O3. The first-order chi connectivity index (χ1) is 12.7. The van der Waals surface area contributed by atoms with E-state index in [1.165, 1.54) is 18.0 Å². The molecule has 2 atom stereocenters. The van der Waals surface area contributed by atoms with Crippen LogP contribution >= 0.6 is 0 Å². The van der Waals surface area contributed by atoms with Crippen LogP contribution in [0.5, 0.6) is 0 Å². The van der Waals surface area contributed by atoms with E-state index >= 15 is 0 Å². The summed E-state index contributed by atoms with van der Waals surface area (Å²) in [5, 5.41) is 2.54. The number of hydrogen-bond acceptors (Lipinski definition) is 3. The van der Waals surface area contributed by atoms with Gasteiger partial charge in [-0.3, -0.25) is 0 Å². The highest BCUT2D eigenvalue weighted by Crippen LogP contribution is 2.45. The smallest absolute Gasteiger partial charge is 0.400 e. The van der Waals surface area contributed by atoms with E-state index < -0.39 is 41.9 Å². The maximum absolute atomic E-state index is 13.5. The van der Waals surface area contributed by atoms with Crippen molar-refractivity contribution >= 4 is 13.1 Å². The first-order valence-electron chi connectivity index (χ1n) is 9.56. The first kappa shape index (κ1) is 22.8. The molecule has 0 radical (unpaired) electrons. The monoisotopic (exact) mass is 402 g/mol. The highest BCUT2D eigenvalue weighted by Gasteiger charge is 2.55. The van der Waals surface area contributed by atoms with E-state index in [9.17, 15) is 18.0 Å². The van der Waals surface area contributed by atoms with Crippen molar-refractivity contribution in [2.24, 2.45) is 11.8 Å². The van der Waals surface area contributed by atoms with Gasteiger partial charge in [-0.2, -0.15) is 13.2 Å². The van der Waals surface area contributed by atoms with E-state index in [-0.39, 0.29) is 12.6 Å². The molecule has 1 aliphatic heterocycles. The fourth-order valence-electron chi connectivity index (χ4n) is 3.57. The summed E-state index contributed by atoms with van der Waals surface area (Å²) in [6, 6.07) is -0.328. The van der Waals surface area contributed by atoms with Crippen LogP contribution in [-0.2, 0) is 9.31 Å². The van der Waals surface area contributed by atoms with Crippen molar-refractivity contribution in [3.05, 3.63) is 23.2 Å². The van der Waals surface area contributed by atoms with Crippen LogP contribution in [0, 0.1) is 11.8 Å². The molecule has 1 fully saturated rings. The van der Waals surface area contributed by atoms with Gasteiger partial charge < -0.3 is 19.5 Å². The number of rotatable bonds is 4. The number of carbonyl (C=O) groups is 1. The van der Waals surface area contributed by atoms with Gasteiger partial charge in [0, 0.05) is 31.6 Å². The van der Waals surface area contributed by atoms with E-state index in [4.69, 9.17) is 9.31 Å². The van der Waals surface area contributed by atoms with Gasteiger partial charge in [-0.05, 0) is 46.0 Å². The molecule has 2 amide bonds. The lowest BCUT2D eigenvalue weighted by molar-refractivity contribution is -0.101. The Balaban J connectivity index is 2.42. The second kappa shape index (κ2) is 7.74. The molecule has 2 aliphatic rings. The number of nitrogens with zero attached hydrogens (tertiary/aromatic N) is 1. The Bertz CT molecular complexity index is 658. The maximum Gasteiger partial charge on any atom is 0.490 e. The summed E-state index contributed by atoms with van der Waals surface area (Å²) in [6.45, 7) is 11.4. The second-order valence-corrected chi connectivity index (χ2v) is 8.36. The van der Waals surface area contributed by atoms with Gasteiger partial charge in [0.15, 0.2) is 0 Å². The number of urea groups is 1. The molecule has 9 heteroatoms. The molecule has 0 bridgehead atoms. The molecule has 1 heterocycles. The normalized spacial score (nSPS) is 26.6. The summed E-state index contributed by atoms with van der Waals surface area (Å²) in [5.41, 5.74) is -1.19. The molecule has 2 rings (SSSR count). The lowest BCUT2D eigenvalue weighted by atomic mass is 9.63. The zero-order valence-corrected chi connectivity index (χ0v) is 17.6. The second-order valence-electron chi connectivity index (χ2n) is 8.36. The number of halogens is 3. The van der Waals surface area contributed by atoms with Crippen LogP contribution in [0.3, 0.4) is 0 Å². The molecule has 1 saturated heterocycles. The standard InChI is InChI=1S/C19H30BF3N2O3/c1-8-25(16(26)24-7)11-13-12(2)14(19(21,22)23)9-10-15(13)20-27-17(3,4)18(5,6)28-20/h9-10,12-13H,8,11H2,1-7H3,(H,24,26). The Morgan fingerprint density at radius 2 is 1.75 bits per heavy atom. The molecule has 28 heavy (non-hydrogen) atoms. The van der Waals surface area contributed by atoms with E-state index in [1.54, 1.807) is 13.8 Å². The van der Waals surface area contributed by atoms with E-state index in [2.05, 4.69) is 5.32 Å². The van der Waals surface area contributed by atoms with Crippen LogP contribution in [0.15, 0.2) is 23.2 Å². The minimum absolute atomic E-state index is 0.140. The van der Waals surface area contributed by atoms with Crippen molar-refractivity contribution in [3.8, 4) is 0 Å². The predicted octanol–water partition coefficient (Wildman–Crippen LogP) is 3.96. The zero-order valence-electron chi connectivity index (χ0n) is 17.6. The minimum Gasteiger partial charge on any atom is -0.400 e. The average Bonchev–Trinajstić information content (AvgIpc) is 2.79. The minimum atomic E-state index is -4.43. The van der Waals surface area contributed by atoms with Gasteiger partial charge >= 0.3 is 19.3 Å². The molecule has 0 saturated carbocycles. The van der Waals surface area contributed by atoms with Crippen LogP contribution in [0.2, 0.25) is 0 Å². The topological polar surface area (TPSA) is 50.8 Å². The van der Waals surface area contributed by atoms with E-state index in [0.717, 1.165) is 6.08 Å². The summed E-state index contributed by atoms with van der Waals surface area (Å²) in [6.07, 6.45) is -1.87. The summed E-state index contributed by atoms with van der Waals surface area (Å²) in [4.78, 5) is 13.6. The zero-order chi connectivity index (χ0) is 21.5. The highest BCUT2D eigenvalue weighted by molar-refractivity contribution is 6.55. The summed E-state index contributed by atoms with van der Waals surface area (Å²) in [7, 11) is 0.744. The van der Waals surface area contributed by atoms with Crippen molar-refractivity contribution in [3.63, 3.8) is 0 Å². The van der Waals surface area contributed by atoms with Crippen molar-refractivity contribution in [2.45, 2.75) is 58.9 Å². The van der Waals surface area contributed by atoms with Crippen molar-refractivity contribution in [2.75, 3.05) is 20.1 Å². The van der Waals surface area contributed by atoms with Crippen LogP contribution in [0.4, 0.5) is 18.0 Å². The molecular weight excluding hydrogens is 372 g/mol. The van der Waals surface area contributed by atoms with Gasteiger partial charge in [-0.25, -0.2) is 4.79 Å². The number of hydrogen-bond donors (Lipinski definition) is 1. The Morgan fingerprint density at radius 3 is 2.18 bits per heavy atom. The van der Waals surface area contributed by atoms with Crippen molar-refractivity contribution in [1.82, 2.24) is 10.2 Å². The summed E-state index contributed by atoms with van der Waals surface area (Å²) < 4.78 is 52.7. The molecule has 1 aliphatic carbocycles. The van der Waals surface area contributed by atoms with Crippen LogP contribution in [0.25, 0.3) is 0 Å². The van der Waals surface area contributed by atoms with Gasteiger partial charge in [0.05, 0.1) is 11.2 Å². The third-order valence-corrected chi connectivity index (χ3v) is 6.13. The molecule has 2 unspecified atom stereocenters. The maximum atomic E-state index is 13.5. The molecule has 0 aromatic rings. The third-order valence-electron chi connectivity index (χ3n) is 6.13. The van der Waals surface area contributed by atoms with Crippen molar-refractivity contribution in [1.29, 1.82) is 0 Å². The lowest BCUT2D eigenvalue weighted by Gasteiger charge is -2.36. The number of alkyl halides is 3. The van der Waals surface area contributed by atoms with Crippen molar-refractivity contribution < 1.29 is 27.3 Å². The van der Waals surface area contributed by atoms with Crippen LogP contribution in [-0.4, -0.2) is 55.6 Å². The Morgan fingerprint density at radius 1 is 1.21 bits per heavy atom. The molecule has 0 aromatic carbocycles. The van der Waals surface area contributed by atoms with Gasteiger partial charge in [0.2, 0.25) is 0 Å². The Labute approximate surface area is 165 Å². The van der Waals surface area contributed by atoms with Gasteiger partial charge in [0.25, 0.3) is 0 Å². The quantitative estimate of drug-likeness (QED) is 0.725. The Kier molecular flexibility index (Phi) is 6.31. The summed E-state index contributed by atoms with van der Waals surface area (Å²) >= 11 is 0. The SMILES string of the molecule is CCN(CC1C(B2OC(C)(C)C(C)(C)O2)=CC=C(C(F)(F)F)C1C)C(=O)NC. The fraction of sp³-hybridized carbons (Fsp3) is 0.737. The molecule has 1 N–H and O–H groups in total. The molecule has 0 aromatic heterocycles. The first-order valence-corrected chi connectivity index (χ1v) is 9.56.